The largest absolute Gasteiger partial charge is 0.397 e. The van der Waals surface area contributed by atoms with Crippen LogP contribution in [0.4, 0.5) is 5.69 Å². The Morgan fingerprint density at radius 2 is 1.87 bits per heavy atom. The van der Waals surface area contributed by atoms with Gasteiger partial charge < -0.3 is 5.73 Å². The second kappa shape index (κ2) is 3.83. The smallest absolute Gasteiger partial charge is 0.214 e. The Hall–Kier alpha value is -2.30. The predicted molar refractivity (Wildman–Crippen MR) is 54.1 cm³/mol. The van der Waals surface area contributed by atoms with Crippen molar-refractivity contribution >= 4 is 11.5 Å². The molecule has 2 N–H and O–H groups in total. The fraction of sp³-hybridized carbons (Fsp3) is 0. The van der Waals surface area contributed by atoms with Crippen molar-refractivity contribution in [2.24, 2.45) is 0 Å². The predicted octanol–water partition coefficient (Wildman–Crippen LogP) is 0.685. The van der Waals surface area contributed by atoms with Gasteiger partial charge in [-0.15, -0.1) is 0 Å². The quantitative estimate of drug-likeness (QED) is 0.721. The number of rotatable bonds is 2. The van der Waals surface area contributed by atoms with E-state index in [2.05, 4.69) is 15.0 Å². The Kier molecular flexibility index (Phi) is 2.37. The van der Waals surface area contributed by atoms with Gasteiger partial charge in [-0.1, -0.05) is 0 Å². The summed E-state index contributed by atoms with van der Waals surface area (Å²) >= 11 is 0. The Bertz CT molecular complexity index is 467. The number of nitrogens with zero attached hydrogens (tertiary/aromatic N) is 3. The van der Waals surface area contributed by atoms with Crippen LogP contribution in [-0.4, -0.2) is 20.7 Å². The van der Waals surface area contributed by atoms with Crippen LogP contribution < -0.4 is 5.73 Å². The van der Waals surface area contributed by atoms with Crippen molar-refractivity contribution in [3.63, 3.8) is 0 Å². The zero-order chi connectivity index (χ0) is 10.7. The maximum absolute atomic E-state index is 11.8. The van der Waals surface area contributed by atoms with Crippen molar-refractivity contribution in [2.45, 2.75) is 0 Å². The summed E-state index contributed by atoms with van der Waals surface area (Å²) in [7, 11) is 0. The molecule has 0 saturated carbocycles. The van der Waals surface area contributed by atoms with Gasteiger partial charge in [-0.3, -0.25) is 9.78 Å². The van der Waals surface area contributed by atoms with Crippen LogP contribution in [0.2, 0.25) is 0 Å². The number of ketones is 1. The number of aromatic nitrogens is 3. The fourth-order valence-electron chi connectivity index (χ4n) is 1.10. The van der Waals surface area contributed by atoms with Gasteiger partial charge >= 0.3 is 0 Å². The normalized spacial score (nSPS) is 9.87. The molecule has 0 saturated heterocycles. The number of nitrogens with two attached hydrogens (primary N) is 1. The molecule has 0 unspecified atom stereocenters. The van der Waals surface area contributed by atoms with Crippen LogP contribution in [0.3, 0.4) is 0 Å². The van der Waals surface area contributed by atoms with Gasteiger partial charge in [0.15, 0.2) is 0 Å². The first kappa shape index (κ1) is 9.26. The van der Waals surface area contributed by atoms with E-state index >= 15 is 0 Å². The van der Waals surface area contributed by atoms with Crippen molar-refractivity contribution in [3.8, 4) is 0 Å². The lowest BCUT2D eigenvalue weighted by atomic mass is 10.1. The van der Waals surface area contributed by atoms with Crippen LogP contribution in [0.1, 0.15) is 16.1 Å². The molecular weight excluding hydrogens is 192 g/mol. The molecule has 0 amide bonds. The highest BCUT2D eigenvalue weighted by Gasteiger charge is 2.09. The topological polar surface area (TPSA) is 81.8 Å². The Morgan fingerprint density at radius 1 is 1.13 bits per heavy atom. The van der Waals surface area contributed by atoms with Gasteiger partial charge in [0.1, 0.15) is 12.0 Å². The molecule has 2 aromatic rings. The number of carbonyl (C=O) groups excluding carboxylic acids is 1. The van der Waals surface area contributed by atoms with E-state index in [-0.39, 0.29) is 5.78 Å². The SMILES string of the molecule is Nc1ccc(C(=O)c2cncnc2)nc1. The zero-order valence-corrected chi connectivity index (χ0v) is 7.79. The van der Waals surface area contributed by atoms with Gasteiger partial charge in [-0.25, -0.2) is 9.97 Å². The molecule has 0 aliphatic carbocycles. The lowest BCUT2D eigenvalue weighted by Crippen LogP contribution is -2.05. The number of hydrogen-bond acceptors (Lipinski definition) is 5. The average Bonchev–Trinajstić information content (AvgIpc) is 2.30. The summed E-state index contributed by atoms with van der Waals surface area (Å²) in [5.74, 6) is -0.212. The molecule has 0 fully saturated rings. The van der Waals surface area contributed by atoms with Gasteiger partial charge in [0, 0.05) is 12.4 Å². The first-order chi connectivity index (χ1) is 7.27. The molecule has 0 bridgehead atoms. The second-order valence-electron chi connectivity index (χ2n) is 2.93. The van der Waals surface area contributed by atoms with E-state index in [1.165, 1.54) is 24.9 Å². The monoisotopic (exact) mass is 200 g/mol. The Morgan fingerprint density at radius 3 is 2.47 bits per heavy atom. The molecule has 2 rings (SSSR count). The molecular formula is C10H8N4O. The second-order valence-corrected chi connectivity index (χ2v) is 2.93. The molecule has 74 valence electrons. The lowest BCUT2D eigenvalue weighted by Gasteiger charge is -1.99. The summed E-state index contributed by atoms with van der Waals surface area (Å²) in [6, 6.07) is 3.20. The summed E-state index contributed by atoms with van der Waals surface area (Å²) in [6.45, 7) is 0. The molecule has 2 aromatic heterocycles. The Balaban J connectivity index is 2.33. The number of anilines is 1. The van der Waals surface area contributed by atoms with Gasteiger partial charge in [-0.05, 0) is 12.1 Å². The third-order valence-electron chi connectivity index (χ3n) is 1.84. The van der Waals surface area contributed by atoms with E-state index in [9.17, 15) is 4.79 Å². The fourth-order valence-corrected chi connectivity index (χ4v) is 1.10. The standard InChI is InChI=1S/C10H8N4O/c11-8-1-2-9(14-5-8)10(15)7-3-12-6-13-4-7/h1-6H,11H2. The van der Waals surface area contributed by atoms with Crippen molar-refractivity contribution in [1.82, 2.24) is 15.0 Å². The number of pyridine rings is 1. The van der Waals surface area contributed by atoms with Gasteiger partial charge in [0.2, 0.25) is 5.78 Å². The third-order valence-corrected chi connectivity index (χ3v) is 1.84. The van der Waals surface area contributed by atoms with E-state index in [0.29, 0.717) is 16.9 Å². The molecule has 0 aliphatic heterocycles. The van der Waals surface area contributed by atoms with E-state index < -0.39 is 0 Å². The van der Waals surface area contributed by atoms with Crippen molar-refractivity contribution in [2.75, 3.05) is 5.73 Å². The van der Waals surface area contributed by atoms with Crippen molar-refractivity contribution in [3.05, 3.63) is 48.3 Å². The minimum absolute atomic E-state index is 0.212. The van der Waals surface area contributed by atoms with Crippen LogP contribution in [0.15, 0.2) is 37.1 Å². The molecule has 5 heteroatoms. The van der Waals surface area contributed by atoms with E-state index in [0.717, 1.165) is 0 Å². The molecule has 5 nitrogen and oxygen atoms in total. The van der Waals surface area contributed by atoms with E-state index in [4.69, 9.17) is 5.73 Å². The number of nitrogen functional groups attached to an aromatic ring is 1. The summed E-state index contributed by atoms with van der Waals surface area (Å²) < 4.78 is 0. The van der Waals surface area contributed by atoms with Crippen LogP contribution in [0.25, 0.3) is 0 Å². The van der Waals surface area contributed by atoms with E-state index in [1.807, 2.05) is 0 Å². The summed E-state index contributed by atoms with van der Waals surface area (Å²) in [5.41, 5.74) is 6.74. The minimum atomic E-state index is -0.212. The maximum atomic E-state index is 11.8. The third kappa shape index (κ3) is 1.96. The first-order valence-electron chi connectivity index (χ1n) is 4.28. The Labute approximate surface area is 86.0 Å². The first-order valence-corrected chi connectivity index (χ1v) is 4.28. The lowest BCUT2D eigenvalue weighted by molar-refractivity contribution is 0.103. The summed E-state index contributed by atoms with van der Waals surface area (Å²) in [5, 5.41) is 0. The molecule has 0 aliphatic rings. The molecule has 15 heavy (non-hydrogen) atoms. The molecule has 0 aromatic carbocycles. The van der Waals surface area contributed by atoms with Crippen molar-refractivity contribution < 1.29 is 4.79 Å². The highest BCUT2D eigenvalue weighted by atomic mass is 16.1. The van der Waals surface area contributed by atoms with Crippen LogP contribution >= 0.6 is 0 Å². The van der Waals surface area contributed by atoms with E-state index in [1.54, 1.807) is 12.1 Å². The molecule has 0 spiro atoms. The number of hydrogen-bond donors (Lipinski definition) is 1. The highest BCUT2D eigenvalue weighted by Crippen LogP contribution is 2.06. The molecule has 0 radical (unpaired) electrons. The van der Waals surface area contributed by atoms with Gasteiger partial charge in [-0.2, -0.15) is 0 Å². The summed E-state index contributed by atoms with van der Waals surface area (Å²) in [6.07, 6.45) is 5.71. The van der Waals surface area contributed by atoms with Gasteiger partial charge in [0.25, 0.3) is 0 Å². The van der Waals surface area contributed by atoms with Crippen molar-refractivity contribution in [1.29, 1.82) is 0 Å². The molecule has 0 atom stereocenters. The van der Waals surface area contributed by atoms with Crippen LogP contribution in [0.5, 0.6) is 0 Å². The number of carbonyl (C=O) groups is 1. The van der Waals surface area contributed by atoms with Gasteiger partial charge in [0.05, 0.1) is 17.4 Å². The molecule has 2 heterocycles. The van der Waals surface area contributed by atoms with Crippen LogP contribution in [-0.2, 0) is 0 Å². The minimum Gasteiger partial charge on any atom is -0.397 e. The maximum Gasteiger partial charge on any atom is 0.214 e. The highest BCUT2D eigenvalue weighted by molar-refractivity contribution is 6.07. The zero-order valence-electron chi connectivity index (χ0n) is 7.79. The van der Waals surface area contributed by atoms with Crippen LogP contribution in [0, 0.1) is 0 Å². The average molecular weight is 200 g/mol. The summed E-state index contributed by atoms with van der Waals surface area (Å²) in [4.78, 5) is 23.2.